The zero-order chi connectivity index (χ0) is 28.4. The first-order chi connectivity index (χ1) is 20.8. The van der Waals surface area contributed by atoms with Crippen LogP contribution in [0.4, 0.5) is 5.82 Å². The molecule has 2 aromatic heterocycles. The average Bonchev–Trinajstić information content (AvgIpc) is 3.08. The lowest BCUT2D eigenvalue weighted by molar-refractivity contribution is 0.296. The highest BCUT2D eigenvalue weighted by Gasteiger charge is 2.14. The molecule has 0 fully saturated rings. The smallest absolute Gasteiger partial charge is 0.232 e. The number of benzene rings is 4. The van der Waals surface area contributed by atoms with E-state index >= 15 is 0 Å². The van der Waals surface area contributed by atoms with E-state index in [1.807, 2.05) is 97.1 Å². The van der Waals surface area contributed by atoms with Gasteiger partial charge in [0.25, 0.3) is 0 Å². The third kappa shape index (κ3) is 6.50. The van der Waals surface area contributed by atoms with E-state index in [1.54, 1.807) is 12.4 Å². The Bertz CT molecular complexity index is 1580. The quantitative estimate of drug-likeness (QED) is 0.164. The topological polar surface area (TPSA) is 72.8 Å². The molecule has 6 nitrogen and oxygen atoms in total. The van der Waals surface area contributed by atoms with Gasteiger partial charge in [0.1, 0.15) is 11.5 Å². The molecule has 0 amide bonds. The van der Waals surface area contributed by atoms with Crippen molar-refractivity contribution in [2.45, 2.75) is 12.8 Å². The molecule has 6 aromatic rings. The van der Waals surface area contributed by atoms with E-state index in [2.05, 4.69) is 29.6 Å². The van der Waals surface area contributed by atoms with Gasteiger partial charge in [-0.2, -0.15) is 0 Å². The molecule has 0 radical (unpaired) electrons. The fourth-order valence-corrected chi connectivity index (χ4v) is 4.75. The monoisotopic (exact) mass is 549 g/mol. The molecule has 6 rings (SSSR count). The molecule has 206 valence electrons. The van der Waals surface area contributed by atoms with Gasteiger partial charge in [-0.3, -0.25) is 4.98 Å². The Morgan fingerprint density at radius 2 is 0.929 bits per heavy atom. The Morgan fingerprint density at radius 3 is 1.45 bits per heavy atom. The van der Waals surface area contributed by atoms with Crippen molar-refractivity contribution in [2.75, 3.05) is 18.5 Å². The van der Waals surface area contributed by atoms with Crippen molar-refractivity contribution in [1.29, 1.82) is 0 Å². The second kappa shape index (κ2) is 13.3. The number of hydrogen-bond acceptors (Lipinski definition) is 6. The number of ether oxygens (including phenoxy) is 1. The summed E-state index contributed by atoms with van der Waals surface area (Å²) in [5, 5.41) is 3.43. The number of hydrogen-bond donors (Lipinski definition) is 1. The molecular weight excluding hydrogens is 518 g/mol. The summed E-state index contributed by atoms with van der Waals surface area (Å²) in [5.41, 5.74) is 7.50. The third-order valence-corrected chi connectivity index (χ3v) is 6.84. The zero-order valence-electron chi connectivity index (χ0n) is 23.2. The number of nitrogens with zero attached hydrogens (tertiary/aromatic N) is 4. The minimum Gasteiger partial charge on any atom is -0.477 e. The molecule has 0 aliphatic heterocycles. The molecule has 0 aliphatic rings. The lowest BCUT2D eigenvalue weighted by Gasteiger charge is -2.13. The van der Waals surface area contributed by atoms with E-state index in [9.17, 15) is 0 Å². The van der Waals surface area contributed by atoms with E-state index in [0.717, 1.165) is 70.2 Å². The van der Waals surface area contributed by atoms with Crippen molar-refractivity contribution in [2.24, 2.45) is 0 Å². The predicted octanol–water partition coefficient (Wildman–Crippen LogP) is 8.21. The van der Waals surface area contributed by atoms with Crippen LogP contribution in [0, 0.1) is 0 Å². The Kier molecular flexibility index (Phi) is 8.52. The van der Waals surface area contributed by atoms with E-state index in [-0.39, 0.29) is 0 Å². The van der Waals surface area contributed by atoms with Crippen molar-refractivity contribution in [1.82, 2.24) is 19.9 Å². The van der Waals surface area contributed by atoms with Crippen molar-refractivity contribution in [3.8, 4) is 50.9 Å². The molecule has 0 saturated carbocycles. The molecule has 0 bridgehead atoms. The van der Waals surface area contributed by atoms with Gasteiger partial charge in [0.2, 0.25) is 5.88 Å². The van der Waals surface area contributed by atoms with Crippen LogP contribution in [0.2, 0.25) is 0 Å². The highest BCUT2D eigenvalue weighted by Crippen LogP contribution is 2.31. The molecule has 0 spiro atoms. The van der Waals surface area contributed by atoms with Crippen molar-refractivity contribution in [3.63, 3.8) is 0 Å². The van der Waals surface area contributed by atoms with Crippen LogP contribution in [0.25, 0.3) is 45.0 Å². The van der Waals surface area contributed by atoms with Gasteiger partial charge in [-0.1, -0.05) is 121 Å². The van der Waals surface area contributed by atoms with Crippen LogP contribution < -0.4 is 10.1 Å². The molecule has 0 atom stereocenters. The van der Waals surface area contributed by atoms with Gasteiger partial charge >= 0.3 is 0 Å². The maximum absolute atomic E-state index is 6.02. The van der Waals surface area contributed by atoms with Crippen LogP contribution in [0.1, 0.15) is 12.8 Å². The maximum atomic E-state index is 6.02. The Hall–Kier alpha value is -5.36. The first-order valence-electron chi connectivity index (χ1n) is 14.2. The van der Waals surface area contributed by atoms with Gasteiger partial charge in [0.15, 0.2) is 0 Å². The second-order valence-electron chi connectivity index (χ2n) is 9.80. The number of unbranched alkanes of at least 4 members (excludes halogenated alkanes) is 1. The van der Waals surface area contributed by atoms with Crippen molar-refractivity contribution >= 4 is 5.82 Å². The van der Waals surface area contributed by atoms with Crippen LogP contribution in [-0.2, 0) is 0 Å². The van der Waals surface area contributed by atoms with Crippen LogP contribution >= 0.6 is 0 Å². The molecule has 42 heavy (non-hydrogen) atoms. The molecule has 6 heteroatoms. The molecule has 0 unspecified atom stereocenters. The summed E-state index contributed by atoms with van der Waals surface area (Å²) >= 11 is 0. The average molecular weight is 550 g/mol. The normalized spacial score (nSPS) is 10.8. The van der Waals surface area contributed by atoms with Crippen molar-refractivity contribution < 1.29 is 4.74 Å². The Balaban J connectivity index is 1.08. The molecule has 0 aliphatic carbocycles. The van der Waals surface area contributed by atoms with E-state index in [0.29, 0.717) is 12.5 Å². The molecule has 4 aromatic carbocycles. The SMILES string of the molecule is c1ccc(-c2ncc(NCCCCOc3cnc(-c4ccccc4)c(-c4ccccc4)n3)nc2-c2ccccc2)cc1. The minimum absolute atomic E-state index is 0.524. The standard InChI is InChI=1S/C36H31N5O/c1-5-15-27(16-6-1)33-35(29-19-9-3-10-20-29)40-31(25-38-33)37-23-13-14-24-42-32-26-39-34(28-17-7-2-8-18-28)36(41-32)30-21-11-4-12-22-30/h1-12,15-22,25-26H,13-14,23-24H2,(H,37,40). The fraction of sp³-hybridized carbons (Fsp3) is 0.111. The van der Waals surface area contributed by atoms with Gasteiger partial charge in [0.05, 0.1) is 36.1 Å². The number of rotatable bonds is 11. The number of anilines is 1. The van der Waals surface area contributed by atoms with Crippen molar-refractivity contribution in [3.05, 3.63) is 134 Å². The summed E-state index contributed by atoms with van der Waals surface area (Å²) in [6, 6.07) is 40.6. The molecular formula is C36H31N5O. The third-order valence-electron chi connectivity index (χ3n) is 6.84. The van der Waals surface area contributed by atoms with E-state index in [4.69, 9.17) is 24.7 Å². The van der Waals surface area contributed by atoms with Gasteiger partial charge < -0.3 is 10.1 Å². The van der Waals surface area contributed by atoms with Gasteiger partial charge in [0, 0.05) is 28.8 Å². The first-order valence-corrected chi connectivity index (χ1v) is 14.2. The Morgan fingerprint density at radius 1 is 0.476 bits per heavy atom. The summed E-state index contributed by atoms with van der Waals surface area (Å²) in [6.07, 6.45) is 5.28. The number of nitrogens with one attached hydrogen (secondary N) is 1. The summed E-state index contributed by atoms with van der Waals surface area (Å²) < 4.78 is 6.02. The largest absolute Gasteiger partial charge is 0.477 e. The predicted molar refractivity (Wildman–Crippen MR) is 169 cm³/mol. The summed E-state index contributed by atoms with van der Waals surface area (Å²) in [4.78, 5) is 19.3. The maximum Gasteiger partial charge on any atom is 0.232 e. The highest BCUT2D eigenvalue weighted by molar-refractivity contribution is 5.79. The molecule has 2 heterocycles. The van der Waals surface area contributed by atoms with Crippen LogP contribution in [0.15, 0.2) is 134 Å². The van der Waals surface area contributed by atoms with E-state index in [1.165, 1.54) is 0 Å². The Labute approximate surface area is 246 Å². The highest BCUT2D eigenvalue weighted by atomic mass is 16.5. The zero-order valence-corrected chi connectivity index (χ0v) is 23.2. The first kappa shape index (κ1) is 26.8. The fourth-order valence-electron chi connectivity index (χ4n) is 4.75. The molecule has 1 N–H and O–H groups in total. The van der Waals surface area contributed by atoms with Gasteiger partial charge in [-0.25, -0.2) is 15.0 Å². The lowest BCUT2D eigenvalue weighted by Crippen LogP contribution is -2.08. The van der Waals surface area contributed by atoms with Crippen LogP contribution in [0.5, 0.6) is 5.88 Å². The lowest BCUT2D eigenvalue weighted by atomic mass is 10.0. The van der Waals surface area contributed by atoms with Crippen LogP contribution in [-0.4, -0.2) is 33.1 Å². The van der Waals surface area contributed by atoms with Gasteiger partial charge in [-0.15, -0.1) is 0 Å². The summed E-state index contributed by atoms with van der Waals surface area (Å²) in [7, 11) is 0. The minimum atomic E-state index is 0.524. The summed E-state index contributed by atoms with van der Waals surface area (Å²) in [6.45, 7) is 1.30. The van der Waals surface area contributed by atoms with Gasteiger partial charge in [-0.05, 0) is 12.8 Å². The van der Waals surface area contributed by atoms with E-state index < -0.39 is 0 Å². The summed E-state index contributed by atoms with van der Waals surface area (Å²) in [5.74, 6) is 1.28. The number of aromatic nitrogens is 4. The second-order valence-corrected chi connectivity index (χ2v) is 9.80. The molecule has 0 saturated heterocycles. The van der Waals surface area contributed by atoms with Crippen LogP contribution in [0.3, 0.4) is 0 Å².